The van der Waals surface area contributed by atoms with Gasteiger partial charge in [-0.25, -0.2) is 13.4 Å². The van der Waals surface area contributed by atoms with E-state index in [1.165, 1.54) is 4.90 Å². The molecule has 1 atom stereocenters. The minimum absolute atomic E-state index is 0.0742. The highest BCUT2D eigenvalue weighted by Crippen LogP contribution is 2.25. The number of carbonyl (C=O) groups is 1. The van der Waals surface area contributed by atoms with Crippen LogP contribution >= 0.6 is 10.7 Å². The summed E-state index contributed by atoms with van der Waals surface area (Å²) in [5, 5.41) is -0.848. The molecule has 18 heavy (non-hydrogen) atoms. The molecule has 1 fully saturated rings. The molecule has 5 nitrogen and oxygen atoms in total. The molecule has 7 heteroatoms. The Morgan fingerprint density at radius 1 is 1.50 bits per heavy atom. The van der Waals surface area contributed by atoms with E-state index in [2.05, 4.69) is 4.98 Å². The van der Waals surface area contributed by atoms with Crippen molar-refractivity contribution in [1.82, 2.24) is 4.98 Å². The molecule has 0 spiro atoms. The second-order valence-corrected chi connectivity index (χ2v) is 7.05. The average molecular weight is 289 g/mol. The summed E-state index contributed by atoms with van der Waals surface area (Å²) in [5.74, 6) is 0.229. The van der Waals surface area contributed by atoms with Gasteiger partial charge in [-0.15, -0.1) is 0 Å². The van der Waals surface area contributed by atoms with Crippen LogP contribution in [0.3, 0.4) is 0 Å². The quantitative estimate of drug-likeness (QED) is 0.787. The van der Waals surface area contributed by atoms with Crippen molar-refractivity contribution < 1.29 is 13.2 Å². The molecule has 1 aliphatic rings. The van der Waals surface area contributed by atoms with E-state index in [4.69, 9.17) is 10.7 Å². The molecule has 0 saturated carbocycles. The van der Waals surface area contributed by atoms with Gasteiger partial charge in [-0.2, -0.15) is 0 Å². The Labute approximate surface area is 110 Å². The monoisotopic (exact) mass is 288 g/mol. The fourth-order valence-electron chi connectivity index (χ4n) is 1.90. The summed E-state index contributed by atoms with van der Waals surface area (Å²) >= 11 is 0. The average Bonchev–Trinajstić information content (AvgIpc) is 2.71. The van der Waals surface area contributed by atoms with Gasteiger partial charge in [0.2, 0.25) is 15.0 Å². The first kappa shape index (κ1) is 13.3. The smallest absolute Gasteiger partial charge is 0.237 e. The first-order valence-electron chi connectivity index (χ1n) is 5.61. The summed E-state index contributed by atoms with van der Waals surface area (Å²) in [5.41, 5.74) is 0.859. The van der Waals surface area contributed by atoms with Gasteiger partial charge in [-0.3, -0.25) is 9.69 Å². The normalized spacial score (nSPS) is 20.4. The zero-order valence-electron chi connectivity index (χ0n) is 9.84. The van der Waals surface area contributed by atoms with Crippen LogP contribution in [0.15, 0.2) is 18.2 Å². The van der Waals surface area contributed by atoms with E-state index in [-0.39, 0.29) is 18.9 Å². The van der Waals surface area contributed by atoms with Crippen molar-refractivity contribution in [3.63, 3.8) is 0 Å². The Bertz CT molecular complexity index is 573. The number of halogens is 1. The van der Waals surface area contributed by atoms with E-state index in [1.807, 2.05) is 13.0 Å². The van der Waals surface area contributed by atoms with E-state index in [9.17, 15) is 13.2 Å². The van der Waals surface area contributed by atoms with Crippen LogP contribution in [0.5, 0.6) is 0 Å². The molecule has 0 N–H and O–H groups in total. The summed E-state index contributed by atoms with van der Waals surface area (Å²) in [6.45, 7) is 2.04. The van der Waals surface area contributed by atoms with Crippen molar-refractivity contribution >= 4 is 31.5 Å². The van der Waals surface area contributed by atoms with Crippen LogP contribution in [0, 0.1) is 0 Å². The van der Waals surface area contributed by atoms with E-state index in [0.29, 0.717) is 5.82 Å². The molecule has 1 unspecified atom stereocenters. The summed E-state index contributed by atoms with van der Waals surface area (Å²) in [6, 6.07) is 5.36. The van der Waals surface area contributed by atoms with Crippen LogP contribution < -0.4 is 4.90 Å². The topological polar surface area (TPSA) is 67.3 Å². The van der Waals surface area contributed by atoms with Crippen LogP contribution in [0.1, 0.15) is 19.0 Å². The van der Waals surface area contributed by atoms with Gasteiger partial charge in [-0.05, 0) is 18.6 Å². The maximum Gasteiger partial charge on any atom is 0.237 e. The van der Waals surface area contributed by atoms with E-state index >= 15 is 0 Å². The maximum atomic E-state index is 11.8. The molecule has 1 aromatic heterocycles. The van der Waals surface area contributed by atoms with Gasteiger partial charge < -0.3 is 0 Å². The lowest BCUT2D eigenvalue weighted by Gasteiger charge is -2.15. The largest absolute Gasteiger partial charge is 0.295 e. The number of anilines is 1. The summed E-state index contributed by atoms with van der Waals surface area (Å²) in [7, 11) is 1.58. The lowest BCUT2D eigenvalue weighted by atomic mass is 10.3. The molecule has 0 aliphatic carbocycles. The van der Waals surface area contributed by atoms with E-state index in [1.54, 1.807) is 12.1 Å². The second kappa shape index (κ2) is 4.85. The Kier molecular flexibility index (Phi) is 3.59. The van der Waals surface area contributed by atoms with Crippen LogP contribution in [-0.2, 0) is 20.3 Å². The number of aryl methyl sites for hydroxylation is 1. The summed E-state index contributed by atoms with van der Waals surface area (Å²) < 4.78 is 22.5. The second-order valence-electron chi connectivity index (χ2n) is 4.15. The number of hydrogen-bond donors (Lipinski definition) is 0. The SMILES string of the molecule is CCc1cccc(N2CC(S(=O)(=O)Cl)CC2=O)n1. The van der Waals surface area contributed by atoms with Gasteiger partial charge in [0.15, 0.2) is 0 Å². The zero-order valence-corrected chi connectivity index (χ0v) is 11.4. The number of hydrogen-bond acceptors (Lipinski definition) is 4. The van der Waals surface area contributed by atoms with Crippen molar-refractivity contribution in [3.05, 3.63) is 23.9 Å². The Hall–Kier alpha value is -1.14. The van der Waals surface area contributed by atoms with Gasteiger partial charge in [-0.1, -0.05) is 13.0 Å². The molecule has 0 radical (unpaired) electrons. The highest BCUT2D eigenvalue weighted by atomic mass is 35.7. The van der Waals surface area contributed by atoms with Gasteiger partial charge in [0.05, 0.1) is 0 Å². The van der Waals surface area contributed by atoms with Crippen molar-refractivity contribution in [2.24, 2.45) is 0 Å². The molecule has 2 rings (SSSR count). The molecule has 0 aromatic carbocycles. The third kappa shape index (κ3) is 2.64. The first-order valence-corrected chi connectivity index (χ1v) is 7.99. The number of aromatic nitrogens is 1. The highest BCUT2D eigenvalue weighted by Gasteiger charge is 2.38. The number of nitrogens with zero attached hydrogens (tertiary/aromatic N) is 2. The van der Waals surface area contributed by atoms with Crippen LogP contribution in [0.4, 0.5) is 5.82 Å². The maximum absolute atomic E-state index is 11.8. The Morgan fingerprint density at radius 2 is 2.22 bits per heavy atom. The summed E-state index contributed by atoms with van der Waals surface area (Å²) in [4.78, 5) is 17.5. The van der Waals surface area contributed by atoms with Crippen molar-refractivity contribution in [3.8, 4) is 0 Å². The van der Waals surface area contributed by atoms with Gasteiger partial charge >= 0.3 is 0 Å². The molecule has 1 saturated heterocycles. The standard InChI is InChI=1S/C11H13ClN2O3S/c1-2-8-4-3-5-10(13-8)14-7-9(6-11(14)15)18(12,16)17/h3-5,9H,2,6-7H2,1H3. The molecule has 1 aromatic rings. The molecule has 1 aliphatic heterocycles. The molecular weight excluding hydrogens is 276 g/mol. The summed E-state index contributed by atoms with van der Waals surface area (Å²) in [6.07, 6.45) is 0.678. The van der Waals surface area contributed by atoms with Gasteiger partial charge in [0, 0.05) is 29.3 Å². The Morgan fingerprint density at radius 3 is 2.78 bits per heavy atom. The number of rotatable bonds is 3. The fourth-order valence-corrected chi connectivity index (χ4v) is 2.93. The van der Waals surface area contributed by atoms with Crippen LogP contribution in [0.2, 0.25) is 0 Å². The van der Waals surface area contributed by atoms with E-state index < -0.39 is 14.3 Å². The molecular formula is C11H13ClN2O3S. The minimum atomic E-state index is -3.71. The van der Waals surface area contributed by atoms with Crippen molar-refractivity contribution in [2.75, 3.05) is 11.4 Å². The lowest BCUT2D eigenvalue weighted by molar-refractivity contribution is -0.117. The first-order chi connectivity index (χ1) is 8.41. The van der Waals surface area contributed by atoms with Crippen molar-refractivity contribution in [2.45, 2.75) is 25.0 Å². The zero-order chi connectivity index (χ0) is 13.3. The highest BCUT2D eigenvalue weighted by molar-refractivity contribution is 8.14. The molecule has 2 heterocycles. The molecule has 1 amide bonds. The van der Waals surface area contributed by atoms with Crippen LogP contribution in [-0.4, -0.2) is 31.1 Å². The third-order valence-electron chi connectivity index (χ3n) is 2.92. The lowest BCUT2D eigenvalue weighted by Crippen LogP contribution is -2.27. The van der Waals surface area contributed by atoms with Gasteiger partial charge in [0.1, 0.15) is 11.1 Å². The number of carbonyl (C=O) groups excluding carboxylic acids is 1. The van der Waals surface area contributed by atoms with Gasteiger partial charge in [0.25, 0.3) is 0 Å². The predicted molar refractivity (Wildman–Crippen MR) is 69.1 cm³/mol. The molecule has 98 valence electrons. The Balaban J connectivity index is 2.27. The van der Waals surface area contributed by atoms with E-state index in [0.717, 1.165) is 12.1 Å². The number of pyridine rings is 1. The fraction of sp³-hybridized carbons (Fsp3) is 0.455. The predicted octanol–water partition coefficient (Wildman–Crippen LogP) is 1.32. The third-order valence-corrected chi connectivity index (χ3v) is 4.79. The van der Waals surface area contributed by atoms with Crippen LogP contribution in [0.25, 0.3) is 0 Å². The number of amides is 1. The van der Waals surface area contributed by atoms with Crippen molar-refractivity contribution in [1.29, 1.82) is 0 Å². The molecule has 0 bridgehead atoms. The minimum Gasteiger partial charge on any atom is -0.295 e.